The highest BCUT2D eigenvalue weighted by Gasteiger charge is 2.05. The molecule has 2 N–H and O–H groups in total. The second-order valence-corrected chi connectivity index (χ2v) is 5.21. The fourth-order valence-corrected chi connectivity index (χ4v) is 2.52. The van der Waals surface area contributed by atoms with E-state index in [4.69, 9.17) is 0 Å². The van der Waals surface area contributed by atoms with Crippen LogP contribution in [-0.2, 0) is 6.54 Å². The molecule has 0 bridgehead atoms. The third-order valence-electron chi connectivity index (χ3n) is 2.67. The molecular formula is C13H18N4S. The summed E-state index contributed by atoms with van der Waals surface area (Å²) in [6.45, 7) is 8.08. The molecule has 0 aliphatic rings. The Morgan fingerprint density at radius 3 is 2.78 bits per heavy atom. The summed E-state index contributed by atoms with van der Waals surface area (Å²) in [6, 6.07) is 6.47. The summed E-state index contributed by atoms with van der Waals surface area (Å²) < 4.78 is 0. The molecule has 1 heterocycles. The molecule has 5 heteroatoms. The van der Waals surface area contributed by atoms with Crippen molar-refractivity contribution < 1.29 is 0 Å². The number of aryl methyl sites for hydroxylation is 2. The summed E-state index contributed by atoms with van der Waals surface area (Å²) in [5.41, 5.74) is 2.64. The first kappa shape index (κ1) is 13.1. The maximum atomic E-state index is 4.29. The Labute approximate surface area is 112 Å². The van der Waals surface area contributed by atoms with Gasteiger partial charge in [0.1, 0.15) is 5.82 Å². The molecule has 96 valence electrons. The summed E-state index contributed by atoms with van der Waals surface area (Å²) in [5, 5.41) is 11.1. The van der Waals surface area contributed by atoms with Gasteiger partial charge < -0.3 is 5.32 Å². The summed E-state index contributed by atoms with van der Waals surface area (Å²) in [7, 11) is 0. The minimum Gasteiger partial charge on any atom is -0.313 e. The van der Waals surface area contributed by atoms with Crippen molar-refractivity contribution in [3.8, 4) is 0 Å². The van der Waals surface area contributed by atoms with Gasteiger partial charge in [-0.1, -0.05) is 13.0 Å². The lowest BCUT2D eigenvalue weighted by Gasteiger charge is -2.07. The highest BCUT2D eigenvalue weighted by atomic mass is 32.2. The summed E-state index contributed by atoms with van der Waals surface area (Å²) >= 11 is 1.58. The number of nitrogens with zero attached hydrogens (tertiary/aromatic N) is 2. The Balaban J connectivity index is 2.08. The lowest BCUT2D eigenvalue weighted by Crippen LogP contribution is -2.12. The Morgan fingerprint density at radius 1 is 1.33 bits per heavy atom. The fourth-order valence-electron chi connectivity index (χ4n) is 1.66. The molecule has 1 aromatic carbocycles. The van der Waals surface area contributed by atoms with E-state index in [0.717, 1.165) is 24.1 Å². The zero-order valence-electron chi connectivity index (χ0n) is 10.9. The number of hydrogen-bond acceptors (Lipinski definition) is 4. The van der Waals surface area contributed by atoms with Crippen molar-refractivity contribution in [2.24, 2.45) is 0 Å². The molecule has 0 saturated carbocycles. The Bertz CT molecular complexity index is 521. The van der Waals surface area contributed by atoms with Crippen LogP contribution in [0.25, 0.3) is 0 Å². The van der Waals surface area contributed by atoms with Gasteiger partial charge >= 0.3 is 0 Å². The van der Waals surface area contributed by atoms with Crippen LogP contribution in [0.4, 0.5) is 0 Å². The van der Waals surface area contributed by atoms with Crippen LogP contribution in [0.5, 0.6) is 0 Å². The van der Waals surface area contributed by atoms with Gasteiger partial charge in [0.15, 0.2) is 0 Å². The van der Waals surface area contributed by atoms with Crippen LogP contribution in [0.2, 0.25) is 0 Å². The van der Waals surface area contributed by atoms with Gasteiger partial charge in [-0.25, -0.2) is 4.98 Å². The molecule has 4 nitrogen and oxygen atoms in total. The van der Waals surface area contributed by atoms with E-state index >= 15 is 0 Å². The predicted molar refractivity (Wildman–Crippen MR) is 73.8 cm³/mol. The third kappa shape index (κ3) is 3.34. The molecule has 0 saturated heterocycles. The highest BCUT2D eigenvalue weighted by molar-refractivity contribution is 7.99. The van der Waals surface area contributed by atoms with Gasteiger partial charge in [-0.3, -0.25) is 5.10 Å². The first-order valence-corrected chi connectivity index (χ1v) is 6.87. The molecule has 2 rings (SSSR count). The van der Waals surface area contributed by atoms with E-state index in [2.05, 4.69) is 52.5 Å². The van der Waals surface area contributed by atoms with Crippen LogP contribution in [0.1, 0.15) is 23.9 Å². The summed E-state index contributed by atoms with van der Waals surface area (Å²) in [5.74, 6) is 0.845. The summed E-state index contributed by atoms with van der Waals surface area (Å²) in [6.07, 6.45) is 0. The van der Waals surface area contributed by atoms with Gasteiger partial charge in [0.05, 0.1) is 0 Å². The lowest BCUT2D eigenvalue weighted by molar-refractivity contribution is 0.723. The molecule has 0 atom stereocenters. The van der Waals surface area contributed by atoms with E-state index < -0.39 is 0 Å². The van der Waals surface area contributed by atoms with Crippen molar-refractivity contribution in [2.45, 2.75) is 37.4 Å². The normalized spacial score (nSPS) is 10.8. The second-order valence-electron chi connectivity index (χ2n) is 4.17. The number of aromatic nitrogens is 3. The minimum absolute atomic E-state index is 0.770. The van der Waals surface area contributed by atoms with E-state index in [9.17, 15) is 0 Å². The number of rotatable bonds is 5. The molecular weight excluding hydrogens is 244 g/mol. The Kier molecular flexibility index (Phi) is 4.38. The number of hydrogen-bond donors (Lipinski definition) is 2. The van der Waals surface area contributed by atoms with E-state index in [1.54, 1.807) is 11.8 Å². The maximum Gasteiger partial charge on any atom is 0.213 e. The van der Waals surface area contributed by atoms with Crippen LogP contribution in [0.3, 0.4) is 0 Å². The number of nitrogens with one attached hydrogen (secondary N) is 2. The number of aromatic amines is 1. The molecule has 0 spiro atoms. The average molecular weight is 262 g/mol. The molecule has 2 aromatic rings. The molecule has 1 aromatic heterocycles. The van der Waals surface area contributed by atoms with Crippen LogP contribution < -0.4 is 5.32 Å². The van der Waals surface area contributed by atoms with Gasteiger partial charge in [-0.05, 0) is 55.4 Å². The molecule has 0 aliphatic heterocycles. The Morgan fingerprint density at radius 2 is 2.17 bits per heavy atom. The average Bonchev–Trinajstić information content (AvgIpc) is 2.74. The standard InChI is InChI=1S/C13H18N4S/c1-4-14-8-11-5-6-12(7-9(11)2)18-13-15-10(3)16-17-13/h5-7,14H,4,8H2,1-3H3,(H,15,16,17). The maximum absolute atomic E-state index is 4.29. The first-order valence-electron chi connectivity index (χ1n) is 6.06. The monoisotopic (exact) mass is 262 g/mol. The van der Waals surface area contributed by atoms with Crippen LogP contribution in [0, 0.1) is 13.8 Å². The van der Waals surface area contributed by atoms with E-state index in [1.807, 2.05) is 6.92 Å². The molecule has 0 aliphatic carbocycles. The van der Waals surface area contributed by atoms with Crippen LogP contribution >= 0.6 is 11.8 Å². The van der Waals surface area contributed by atoms with Gasteiger partial charge in [0.25, 0.3) is 0 Å². The van der Waals surface area contributed by atoms with Gasteiger partial charge in [-0.2, -0.15) is 0 Å². The van der Waals surface area contributed by atoms with E-state index in [1.165, 1.54) is 16.0 Å². The van der Waals surface area contributed by atoms with Crippen molar-refractivity contribution in [3.63, 3.8) is 0 Å². The predicted octanol–water partition coefficient (Wildman–Crippen LogP) is 2.68. The van der Waals surface area contributed by atoms with Crippen LogP contribution in [-0.4, -0.2) is 21.7 Å². The summed E-state index contributed by atoms with van der Waals surface area (Å²) in [4.78, 5) is 5.46. The minimum atomic E-state index is 0.770. The van der Waals surface area contributed by atoms with Crippen molar-refractivity contribution in [3.05, 3.63) is 35.2 Å². The van der Waals surface area contributed by atoms with Crippen molar-refractivity contribution in [1.29, 1.82) is 0 Å². The highest BCUT2D eigenvalue weighted by Crippen LogP contribution is 2.26. The fraction of sp³-hybridized carbons (Fsp3) is 0.385. The van der Waals surface area contributed by atoms with Crippen molar-refractivity contribution >= 4 is 11.8 Å². The van der Waals surface area contributed by atoms with Gasteiger partial charge in [0.2, 0.25) is 5.16 Å². The first-order chi connectivity index (χ1) is 8.69. The van der Waals surface area contributed by atoms with Crippen molar-refractivity contribution in [1.82, 2.24) is 20.5 Å². The van der Waals surface area contributed by atoms with E-state index in [-0.39, 0.29) is 0 Å². The molecule has 0 amide bonds. The zero-order valence-corrected chi connectivity index (χ0v) is 11.8. The lowest BCUT2D eigenvalue weighted by atomic mass is 10.1. The third-order valence-corrected chi connectivity index (χ3v) is 3.52. The number of benzene rings is 1. The quantitative estimate of drug-likeness (QED) is 0.870. The van der Waals surface area contributed by atoms with Gasteiger partial charge in [-0.15, -0.1) is 5.10 Å². The van der Waals surface area contributed by atoms with Gasteiger partial charge in [0, 0.05) is 11.4 Å². The topological polar surface area (TPSA) is 53.6 Å². The molecule has 0 fully saturated rings. The molecule has 18 heavy (non-hydrogen) atoms. The molecule has 0 radical (unpaired) electrons. The van der Waals surface area contributed by atoms with Crippen LogP contribution in [0.15, 0.2) is 28.3 Å². The number of H-pyrrole nitrogens is 1. The SMILES string of the molecule is CCNCc1ccc(Sc2n[nH]c(C)n2)cc1C. The second kappa shape index (κ2) is 6.02. The smallest absolute Gasteiger partial charge is 0.213 e. The van der Waals surface area contributed by atoms with E-state index in [0.29, 0.717) is 0 Å². The molecule has 0 unspecified atom stereocenters. The zero-order chi connectivity index (χ0) is 13.0. The largest absolute Gasteiger partial charge is 0.313 e. The van der Waals surface area contributed by atoms with Crippen molar-refractivity contribution in [2.75, 3.05) is 6.54 Å². The Hall–Kier alpha value is -1.33.